The van der Waals surface area contributed by atoms with Gasteiger partial charge in [-0.3, -0.25) is 9.79 Å². The van der Waals surface area contributed by atoms with E-state index in [0.717, 1.165) is 56.5 Å². The lowest BCUT2D eigenvalue weighted by Gasteiger charge is -2.34. The lowest BCUT2D eigenvalue weighted by Crippen LogP contribution is -2.48. The van der Waals surface area contributed by atoms with E-state index in [9.17, 15) is 4.79 Å². The highest BCUT2D eigenvalue weighted by atomic mass is 127. The van der Waals surface area contributed by atoms with Crippen LogP contribution in [0, 0.1) is 0 Å². The Morgan fingerprint density at radius 1 is 1.29 bits per heavy atom. The third-order valence-corrected chi connectivity index (χ3v) is 5.37. The quantitative estimate of drug-likeness (QED) is 0.183. The summed E-state index contributed by atoms with van der Waals surface area (Å²) >= 11 is 2.08. The Balaban J connectivity index is 0.00000529. The van der Waals surface area contributed by atoms with E-state index in [1.807, 2.05) is 14.0 Å². The van der Waals surface area contributed by atoms with E-state index in [1.165, 1.54) is 12.2 Å². The third kappa shape index (κ3) is 9.96. The highest BCUT2D eigenvalue weighted by Gasteiger charge is 2.21. The summed E-state index contributed by atoms with van der Waals surface area (Å²) in [5, 5.41) is 4.21. The van der Waals surface area contributed by atoms with E-state index >= 15 is 0 Å². The third-order valence-electron chi connectivity index (χ3n) is 4.00. The summed E-state index contributed by atoms with van der Waals surface area (Å²) in [6.45, 7) is 7.72. The zero-order valence-corrected chi connectivity index (χ0v) is 18.5. The van der Waals surface area contributed by atoms with E-state index in [1.54, 1.807) is 0 Å². The fraction of sp³-hybridized carbons (Fsp3) is 0.882. The van der Waals surface area contributed by atoms with E-state index in [0.29, 0.717) is 13.0 Å². The van der Waals surface area contributed by atoms with Crippen molar-refractivity contribution in [2.75, 3.05) is 39.0 Å². The lowest BCUT2D eigenvalue weighted by molar-refractivity contribution is -0.143. The number of nitrogens with zero attached hydrogens (tertiary/aromatic N) is 2. The summed E-state index contributed by atoms with van der Waals surface area (Å²) in [5.74, 6) is 2.15. The first kappa shape index (κ1) is 23.8. The molecule has 1 atom stereocenters. The molecule has 1 saturated heterocycles. The van der Waals surface area contributed by atoms with Crippen LogP contribution in [-0.4, -0.2) is 61.1 Å². The largest absolute Gasteiger partial charge is 0.466 e. The number of nitrogens with one attached hydrogen (secondary N) is 1. The number of unbranched alkanes of at least 4 members (excludes halogenated alkanes) is 3. The Hall–Kier alpha value is -0.180. The molecule has 1 aliphatic heterocycles. The first-order valence-corrected chi connectivity index (χ1v) is 9.98. The highest BCUT2D eigenvalue weighted by Crippen LogP contribution is 2.20. The van der Waals surface area contributed by atoms with Crippen LogP contribution in [0.3, 0.4) is 0 Å². The molecule has 1 unspecified atom stereocenters. The molecule has 0 spiro atoms. The summed E-state index contributed by atoms with van der Waals surface area (Å²) in [4.78, 5) is 18.0. The van der Waals surface area contributed by atoms with Gasteiger partial charge in [0.1, 0.15) is 0 Å². The van der Waals surface area contributed by atoms with Crippen LogP contribution in [-0.2, 0) is 9.53 Å². The van der Waals surface area contributed by atoms with Crippen LogP contribution < -0.4 is 5.32 Å². The smallest absolute Gasteiger partial charge is 0.305 e. The topological polar surface area (TPSA) is 53.9 Å². The number of esters is 1. The number of thioether (sulfide) groups is 1. The molecular weight excluding hydrogens is 437 g/mol. The van der Waals surface area contributed by atoms with Gasteiger partial charge in [-0.1, -0.05) is 19.8 Å². The zero-order chi connectivity index (χ0) is 16.9. The Kier molecular flexibility index (Phi) is 15.0. The maximum Gasteiger partial charge on any atom is 0.305 e. The number of aliphatic imine (C=N–C) groups is 1. The molecule has 1 N–H and O–H groups in total. The van der Waals surface area contributed by atoms with E-state index in [-0.39, 0.29) is 29.9 Å². The van der Waals surface area contributed by atoms with Gasteiger partial charge in [-0.25, -0.2) is 0 Å². The van der Waals surface area contributed by atoms with Crippen molar-refractivity contribution in [2.24, 2.45) is 4.99 Å². The average Bonchev–Trinajstić information content (AvgIpc) is 2.57. The summed E-state index contributed by atoms with van der Waals surface area (Å²) in [6.07, 6.45) is 6.02. The van der Waals surface area contributed by atoms with Crippen LogP contribution in [0.2, 0.25) is 0 Å². The van der Waals surface area contributed by atoms with Crippen molar-refractivity contribution in [1.29, 1.82) is 0 Å². The van der Waals surface area contributed by atoms with Crippen LogP contribution in [0.4, 0.5) is 0 Å². The van der Waals surface area contributed by atoms with Crippen molar-refractivity contribution in [3.63, 3.8) is 0 Å². The Morgan fingerprint density at radius 2 is 2.04 bits per heavy atom. The van der Waals surface area contributed by atoms with Gasteiger partial charge in [0.25, 0.3) is 0 Å². The maximum absolute atomic E-state index is 11.2. The van der Waals surface area contributed by atoms with Crippen molar-refractivity contribution in [3.8, 4) is 0 Å². The summed E-state index contributed by atoms with van der Waals surface area (Å²) in [7, 11) is 1.87. The van der Waals surface area contributed by atoms with E-state index in [2.05, 4.69) is 33.9 Å². The van der Waals surface area contributed by atoms with Crippen LogP contribution in [0.15, 0.2) is 4.99 Å². The predicted molar refractivity (Wildman–Crippen MR) is 115 cm³/mol. The number of guanidine groups is 1. The number of hydrogen-bond donors (Lipinski definition) is 1. The number of carbonyl (C=O) groups excluding carboxylic acids is 1. The summed E-state index contributed by atoms with van der Waals surface area (Å²) in [6, 6.07) is 0. The van der Waals surface area contributed by atoms with Gasteiger partial charge in [0.2, 0.25) is 0 Å². The zero-order valence-electron chi connectivity index (χ0n) is 15.4. The minimum absolute atomic E-state index is 0. The molecule has 0 bridgehead atoms. The number of ether oxygens (including phenoxy) is 1. The first-order valence-electron chi connectivity index (χ1n) is 8.94. The lowest BCUT2D eigenvalue weighted by atomic mass is 10.1. The number of halogens is 1. The first-order chi connectivity index (χ1) is 11.2. The average molecular weight is 471 g/mol. The predicted octanol–water partition coefficient (Wildman–Crippen LogP) is 3.52. The number of carbonyl (C=O) groups is 1. The molecule has 7 heteroatoms. The second-order valence-corrected chi connectivity index (χ2v) is 7.20. The van der Waals surface area contributed by atoms with Crippen LogP contribution in [0.5, 0.6) is 0 Å². The molecule has 1 aliphatic rings. The molecule has 142 valence electrons. The standard InChI is InChI=1S/C17H33N3O2S.HI/c1-4-15-14-20(12-13-23-15)17(18-3)19-11-9-7-6-8-10-16(21)22-5-2;/h15H,4-14H2,1-3H3,(H,18,19);1H. The van der Waals surface area contributed by atoms with Gasteiger partial charge >= 0.3 is 5.97 Å². The normalized spacial score (nSPS) is 18.0. The van der Waals surface area contributed by atoms with Crippen molar-refractivity contribution >= 4 is 47.7 Å². The minimum atomic E-state index is -0.0699. The number of rotatable bonds is 9. The van der Waals surface area contributed by atoms with Crippen molar-refractivity contribution < 1.29 is 9.53 Å². The Bertz CT molecular complexity index is 370. The van der Waals surface area contributed by atoms with Crippen LogP contribution >= 0.6 is 35.7 Å². The van der Waals surface area contributed by atoms with Gasteiger partial charge in [-0.2, -0.15) is 11.8 Å². The molecule has 24 heavy (non-hydrogen) atoms. The molecule has 1 rings (SSSR count). The molecule has 0 aromatic rings. The molecule has 1 fully saturated rings. The van der Waals surface area contributed by atoms with Gasteiger partial charge in [-0.05, 0) is 26.2 Å². The second-order valence-electron chi connectivity index (χ2n) is 5.79. The molecular formula is C17H34IN3O2S. The minimum Gasteiger partial charge on any atom is -0.466 e. The van der Waals surface area contributed by atoms with Gasteiger partial charge in [-0.15, -0.1) is 24.0 Å². The second kappa shape index (κ2) is 15.1. The molecule has 5 nitrogen and oxygen atoms in total. The molecule has 0 aromatic carbocycles. The van der Waals surface area contributed by atoms with Crippen molar-refractivity contribution in [1.82, 2.24) is 10.2 Å². The van der Waals surface area contributed by atoms with Gasteiger partial charge in [0.05, 0.1) is 6.61 Å². The SMILES string of the molecule is CCOC(=O)CCCCCCNC(=NC)N1CCSC(CC)C1.I. The highest BCUT2D eigenvalue weighted by molar-refractivity contribution is 14.0. The monoisotopic (exact) mass is 471 g/mol. The fourth-order valence-corrected chi connectivity index (χ4v) is 3.85. The Labute approximate surface area is 168 Å². The molecule has 0 amide bonds. The Morgan fingerprint density at radius 3 is 2.71 bits per heavy atom. The van der Waals surface area contributed by atoms with Crippen molar-refractivity contribution in [3.05, 3.63) is 0 Å². The van der Waals surface area contributed by atoms with Crippen molar-refractivity contribution in [2.45, 2.75) is 57.6 Å². The molecule has 0 aliphatic carbocycles. The van der Waals surface area contributed by atoms with Crippen LogP contribution in [0.1, 0.15) is 52.4 Å². The van der Waals surface area contributed by atoms with Gasteiger partial charge < -0.3 is 15.0 Å². The summed E-state index contributed by atoms with van der Waals surface area (Å²) in [5.41, 5.74) is 0. The molecule has 0 aromatic heterocycles. The number of hydrogen-bond acceptors (Lipinski definition) is 4. The van der Waals surface area contributed by atoms with Crippen LogP contribution in [0.25, 0.3) is 0 Å². The van der Waals surface area contributed by atoms with E-state index < -0.39 is 0 Å². The van der Waals surface area contributed by atoms with E-state index in [4.69, 9.17) is 4.74 Å². The maximum atomic E-state index is 11.2. The summed E-state index contributed by atoms with van der Waals surface area (Å²) < 4.78 is 4.93. The fourth-order valence-electron chi connectivity index (χ4n) is 2.67. The van der Waals surface area contributed by atoms with Gasteiger partial charge in [0, 0.05) is 44.1 Å². The molecule has 0 saturated carbocycles. The van der Waals surface area contributed by atoms with Gasteiger partial charge in [0.15, 0.2) is 5.96 Å². The molecule has 0 radical (unpaired) electrons. The molecule has 1 heterocycles.